The Bertz CT molecular complexity index is 366. The van der Waals surface area contributed by atoms with Crippen LogP contribution in [0.4, 0.5) is 16.2 Å². The first-order valence-corrected chi connectivity index (χ1v) is 4.99. The first-order valence-electron chi connectivity index (χ1n) is 4.61. The van der Waals surface area contributed by atoms with Gasteiger partial charge in [-0.05, 0) is 32.0 Å². The molecule has 0 saturated carbocycles. The van der Waals surface area contributed by atoms with Crippen LogP contribution >= 0.6 is 11.6 Å². The van der Waals surface area contributed by atoms with Gasteiger partial charge in [0.25, 0.3) is 0 Å². The van der Waals surface area contributed by atoms with Crippen LogP contribution in [0.5, 0.6) is 0 Å². The van der Waals surface area contributed by atoms with Gasteiger partial charge in [0, 0.05) is 11.7 Å². The molecular weight excluding hydrogens is 214 g/mol. The van der Waals surface area contributed by atoms with Crippen LogP contribution in [0, 0.1) is 0 Å². The fourth-order valence-electron chi connectivity index (χ4n) is 1.05. The monoisotopic (exact) mass is 227 g/mol. The number of urea groups is 1. The highest BCUT2D eigenvalue weighted by Crippen LogP contribution is 2.23. The van der Waals surface area contributed by atoms with Gasteiger partial charge in [0.2, 0.25) is 0 Å². The van der Waals surface area contributed by atoms with Gasteiger partial charge in [-0.25, -0.2) is 4.79 Å². The molecule has 0 aliphatic carbocycles. The van der Waals surface area contributed by atoms with Gasteiger partial charge in [-0.1, -0.05) is 11.6 Å². The van der Waals surface area contributed by atoms with Crippen molar-refractivity contribution in [2.45, 2.75) is 19.9 Å². The molecule has 0 fully saturated rings. The number of nitrogens with one attached hydrogen (secondary N) is 2. The van der Waals surface area contributed by atoms with E-state index in [0.29, 0.717) is 16.4 Å². The Balaban J connectivity index is 2.68. The number of halogens is 1. The minimum Gasteiger partial charge on any atom is -0.399 e. The molecule has 1 aromatic rings. The molecule has 0 unspecified atom stereocenters. The number of nitrogen functional groups attached to an aromatic ring is 1. The summed E-state index contributed by atoms with van der Waals surface area (Å²) in [4.78, 5) is 11.3. The van der Waals surface area contributed by atoms with E-state index >= 15 is 0 Å². The molecule has 82 valence electrons. The lowest BCUT2D eigenvalue weighted by Crippen LogP contribution is -2.34. The van der Waals surface area contributed by atoms with E-state index in [9.17, 15) is 4.79 Å². The smallest absolute Gasteiger partial charge is 0.319 e. The molecule has 0 heterocycles. The van der Waals surface area contributed by atoms with Crippen LogP contribution in [0.2, 0.25) is 5.02 Å². The van der Waals surface area contributed by atoms with E-state index in [4.69, 9.17) is 17.3 Å². The summed E-state index contributed by atoms with van der Waals surface area (Å²) in [7, 11) is 0. The first kappa shape index (κ1) is 11.7. The molecule has 2 amide bonds. The minimum absolute atomic E-state index is 0.0811. The Morgan fingerprint density at radius 1 is 1.47 bits per heavy atom. The molecule has 0 aliphatic heterocycles. The van der Waals surface area contributed by atoms with E-state index < -0.39 is 0 Å². The molecule has 0 aliphatic rings. The molecule has 0 bridgehead atoms. The average Bonchev–Trinajstić information content (AvgIpc) is 2.08. The van der Waals surface area contributed by atoms with Crippen LogP contribution in [0.3, 0.4) is 0 Å². The minimum atomic E-state index is -0.281. The highest BCUT2D eigenvalue weighted by atomic mass is 35.5. The van der Waals surface area contributed by atoms with Gasteiger partial charge in [-0.3, -0.25) is 0 Å². The second-order valence-corrected chi connectivity index (χ2v) is 3.90. The molecule has 0 saturated heterocycles. The zero-order valence-electron chi connectivity index (χ0n) is 8.67. The number of carbonyl (C=O) groups excluding carboxylic acids is 1. The lowest BCUT2D eigenvalue weighted by molar-refractivity contribution is 0.250. The number of benzene rings is 1. The van der Waals surface area contributed by atoms with Crippen molar-refractivity contribution in [2.24, 2.45) is 0 Å². The van der Waals surface area contributed by atoms with Crippen molar-refractivity contribution in [3.63, 3.8) is 0 Å². The van der Waals surface area contributed by atoms with Gasteiger partial charge in [-0.15, -0.1) is 0 Å². The highest BCUT2D eigenvalue weighted by molar-refractivity contribution is 6.34. The fourth-order valence-corrected chi connectivity index (χ4v) is 1.29. The van der Waals surface area contributed by atoms with E-state index in [0.717, 1.165) is 0 Å². The second kappa shape index (κ2) is 4.89. The number of rotatable bonds is 2. The summed E-state index contributed by atoms with van der Waals surface area (Å²) in [5.74, 6) is 0. The van der Waals surface area contributed by atoms with Crippen molar-refractivity contribution in [1.82, 2.24) is 5.32 Å². The van der Waals surface area contributed by atoms with Crippen molar-refractivity contribution in [3.8, 4) is 0 Å². The fraction of sp³-hybridized carbons (Fsp3) is 0.300. The topological polar surface area (TPSA) is 67.2 Å². The number of hydrogen-bond acceptors (Lipinski definition) is 2. The summed E-state index contributed by atoms with van der Waals surface area (Å²) < 4.78 is 0. The quantitative estimate of drug-likeness (QED) is 0.680. The van der Waals surface area contributed by atoms with E-state index in [1.54, 1.807) is 18.2 Å². The molecule has 0 radical (unpaired) electrons. The van der Waals surface area contributed by atoms with Crippen LogP contribution in [0.1, 0.15) is 13.8 Å². The Morgan fingerprint density at radius 2 is 2.13 bits per heavy atom. The predicted molar refractivity (Wildman–Crippen MR) is 63.2 cm³/mol. The Labute approximate surface area is 93.8 Å². The lowest BCUT2D eigenvalue weighted by Gasteiger charge is -2.11. The zero-order valence-corrected chi connectivity index (χ0v) is 9.43. The first-order chi connectivity index (χ1) is 6.99. The lowest BCUT2D eigenvalue weighted by atomic mass is 10.3. The van der Waals surface area contributed by atoms with E-state index in [-0.39, 0.29) is 12.1 Å². The number of hydrogen-bond donors (Lipinski definition) is 3. The molecule has 1 rings (SSSR count). The van der Waals surface area contributed by atoms with Crippen LogP contribution in [-0.2, 0) is 0 Å². The summed E-state index contributed by atoms with van der Waals surface area (Å²) in [5, 5.41) is 5.75. The summed E-state index contributed by atoms with van der Waals surface area (Å²) >= 11 is 5.89. The van der Waals surface area contributed by atoms with Crippen molar-refractivity contribution in [3.05, 3.63) is 23.2 Å². The van der Waals surface area contributed by atoms with Crippen LogP contribution in [0.25, 0.3) is 0 Å². The molecule has 4 N–H and O–H groups in total. The third kappa shape index (κ3) is 3.67. The zero-order chi connectivity index (χ0) is 11.4. The maximum absolute atomic E-state index is 11.3. The van der Waals surface area contributed by atoms with Crippen molar-refractivity contribution >= 4 is 29.0 Å². The molecular formula is C10H14ClN3O. The third-order valence-corrected chi connectivity index (χ3v) is 1.97. The van der Waals surface area contributed by atoms with Crippen molar-refractivity contribution in [1.29, 1.82) is 0 Å². The molecule has 0 atom stereocenters. The largest absolute Gasteiger partial charge is 0.399 e. The maximum Gasteiger partial charge on any atom is 0.319 e. The Kier molecular flexibility index (Phi) is 3.80. The van der Waals surface area contributed by atoms with Crippen LogP contribution in [-0.4, -0.2) is 12.1 Å². The van der Waals surface area contributed by atoms with Crippen LogP contribution in [0.15, 0.2) is 18.2 Å². The van der Waals surface area contributed by atoms with Crippen molar-refractivity contribution in [2.75, 3.05) is 11.1 Å². The number of nitrogens with two attached hydrogens (primary N) is 1. The summed E-state index contributed by atoms with van der Waals surface area (Å²) in [6.45, 7) is 3.76. The van der Waals surface area contributed by atoms with Gasteiger partial charge < -0.3 is 16.4 Å². The van der Waals surface area contributed by atoms with Gasteiger partial charge >= 0.3 is 6.03 Å². The Morgan fingerprint density at radius 3 is 2.67 bits per heavy atom. The standard InChI is InChI=1S/C10H14ClN3O/c1-6(2)13-10(15)14-9-4-3-7(12)5-8(9)11/h3-6H,12H2,1-2H3,(H2,13,14,15). The predicted octanol–water partition coefficient (Wildman–Crippen LogP) is 2.45. The normalized spacial score (nSPS) is 10.1. The van der Waals surface area contributed by atoms with Gasteiger partial charge in [0.15, 0.2) is 0 Å². The second-order valence-electron chi connectivity index (χ2n) is 3.49. The van der Waals surface area contributed by atoms with Gasteiger partial charge in [0.05, 0.1) is 10.7 Å². The van der Waals surface area contributed by atoms with E-state index in [1.165, 1.54) is 0 Å². The summed E-state index contributed by atoms with van der Waals surface area (Å²) in [5.41, 5.74) is 6.64. The highest BCUT2D eigenvalue weighted by Gasteiger charge is 2.06. The van der Waals surface area contributed by atoms with E-state index in [1.807, 2.05) is 13.8 Å². The molecule has 1 aromatic carbocycles. The summed E-state index contributed by atoms with van der Waals surface area (Å²) in [6, 6.07) is 4.73. The van der Waals surface area contributed by atoms with Gasteiger partial charge in [0.1, 0.15) is 0 Å². The molecule has 4 nitrogen and oxygen atoms in total. The number of anilines is 2. The van der Waals surface area contributed by atoms with Crippen LogP contribution < -0.4 is 16.4 Å². The molecule has 0 aromatic heterocycles. The van der Waals surface area contributed by atoms with Crippen molar-refractivity contribution < 1.29 is 4.79 Å². The molecule has 0 spiro atoms. The Hall–Kier alpha value is -1.42. The molecule has 15 heavy (non-hydrogen) atoms. The maximum atomic E-state index is 11.3. The number of amides is 2. The summed E-state index contributed by atoms with van der Waals surface area (Å²) in [6.07, 6.45) is 0. The average molecular weight is 228 g/mol. The third-order valence-electron chi connectivity index (χ3n) is 1.66. The SMILES string of the molecule is CC(C)NC(=O)Nc1ccc(N)cc1Cl. The van der Waals surface area contributed by atoms with E-state index in [2.05, 4.69) is 10.6 Å². The number of carbonyl (C=O) groups is 1. The molecule has 5 heteroatoms. The van der Waals surface area contributed by atoms with Gasteiger partial charge in [-0.2, -0.15) is 0 Å².